The summed E-state index contributed by atoms with van der Waals surface area (Å²) in [5, 5.41) is 12.9. The summed E-state index contributed by atoms with van der Waals surface area (Å²) in [6, 6.07) is 6.00. The number of amides is 2. The lowest BCUT2D eigenvalue weighted by atomic mass is 9.71. The second-order valence-corrected chi connectivity index (χ2v) is 9.60. The van der Waals surface area contributed by atoms with Crippen LogP contribution in [-0.2, 0) is 19.1 Å². The van der Waals surface area contributed by atoms with Crippen molar-refractivity contribution in [3.05, 3.63) is 29.3 Å². The van der Waals surface area contributed by atoms with Crippen LogP contribution < -0.4 is 5.32 Å². The first-order valence-electron chi connectivity index (χ1n) is 9.75. The van der Waals surface area contributed by atoms with Gasteiger partial charge in [0.25, 0.3) is 0 Å². The molecule has 1 spiro atoms. The number of anilines is 1. The number of rotatable bonds is 6. The van der Waals surface area contributed by atoms with E-state index in [-0.39, 0.29) is 42.8 Å². The number of nitrogens with zero attached hydrogens (tertiary/aromatic N) is 1. The van der Waals surface area contributed by atoms with Crippen molar-refractivity contribution in [1.29, 1.82) is 0 Å². The molecule has 3 saturated heterocycles. The molecule has 2 unspecified atom stereocenters. The number of likely N-dealkylation sites (tertiary alicyclic amines) is 1. The Morgan fingerprint density at radius 1 is 1.38 bits per heavy atom. The van der Waals surface area contributed by atoms with Gasteiger partial charge in [-0.3, -0.25) is 14.4 Å². The van der Waals surface area contributed by atoms with Crippen LogP contribution in [0, 0.1) is 11.8 Å². The number of halogens is 1. The van der Waals surface area contributed by atoms with E-state index in [0.717, 1.165) is 6.42 Å². The molecule has 5 atom stereocenters. The molecule has 0 aliphatic carbocycles. The molecule has 7 nitrogen and oxygen atoms in total. The number of carbonyl (C=O) groups is 3. The number of esters is 1. The predicted octanol–water partition coefficient (Wildman–Crippen LogP) is 1.93. The second kappa shape index (κ2) is 7.81. The molecule has 9 heteroatoms. The first-order valence-corrected chi connectivity index (χ1v) is 11.0. The maximum Gasteiger partial charge on any atom is 0.310 e. The third-order valence-electron chi connectivity index (χ3n) is 6.06. The van der Waals surface area contributed by atoms with Crippen LogP contribution in [0.1, 0.15) is 19.8 Å². The number of carbonyl (C=O) groups excluding carboxylic acids is 3. The van der Waals surface area contributed by atoms with Gasteiger partial charge in [-0.05, 0) is 44.0 Å². The fourth-order valence-electron chi connectivity index (χ4n) is 5.05. The standard InChI is InChI=1S/C20H23ClN2O5S/c1-2-28-19(27)14-13-7-8-20(29-13)15(14)18(26)23(9-10-24)16(20)17(25)22-12-5-3-11(21)4-6-12/h3-6,13-16,24H,2,7-10H2,1H3,(H,22,25)/t13-,14+,15+,16?,20?/m1/s1. The first kappa shape index (κ1) is 20.5. The lowest BCUT2D eigenvalue weighted by Crippen LogP contribution is -2.51. The van der Waals surface area contributed by atoms with Crippen molar-refractivity contribution >= 4 is 46.8 Å². The van der Waals surface area contributed by atoms with Gasteiger partial charge in [-0.15, -0.1) is 11.8 Å². The van der Waals surface area contributed by atoms with E-state index >= 15 is 0 Å². The topological polar surface area (TPSA) is 95.9 Å². The summed E-state index contributed by atoms with van der Waals surface area (Å²) in [5.41, 5.74) is 0.579. The Morgan fingerprint density at radius 2 is 2.10 bits per heavy atom. The van der Waals surface area contributed by atoms with E-state index in [1.807, 2.05) is 0 Å². The fourth-order valence-corrected chi connectivity index (χ4v) is 7.39. The Bertz CT molecular complexity index is 835. The molecular weight excluding hydrogens is 416 g/mol. The van der Waals surface area contributed by atoms with Crippen molar-refractivity contribution in [2.45, 2.75) is 35.8 Å². The SMILES string of the molecule is CCOC(=O)[C@@H]1[C@H]2C(=O)N(CCO)C(C(=O)Nc3ccc(Cl)cc3)C23CC[C@H]1S3. The molecule has 0 aromatic heterocycles. The average molecular weight is 439 g/mol. The zero-order valence-corrected chi connectivity index (χ0v) is 17.5. The number of fused-ring (bicyclic) bond motifs is 1. The van der Waals surface area contributed by atoms with E-state index in [2.05, 4.69) is 5.32 Å². The number of benzene rings is 1. The van der Waals surface area contributed by atoms with Crippen molar-refractivity contribution < 1.29 is 24.2 Å². The minimum Gasteiger partial charge on any atom is -0.466 e. The summed E-state index contributed by atoms with van der Waals surface area (Å²) in [7, 11) is 0. The van der Waals surface area contributed by atoms with Crippen LogP contribution >= 0.6 is 23.4 Å². The molecule has 2 bridgehead atoms. The summed E-state index contributed by atoms with van der Waals surface area (Å²) in [4.78, 5) is 40.7. The van der Waals surface area contributed by atoms with Gasteiger partial charge in [-0.25, -0.2) is 0 Å². The van der Waals surface area contributed by atoms with Gasteiger partial charge in [0.15, 0.2) is 0 Å². The highest BCUT2D eigenvalue weighted by Gasteiger charge is 2.73. The molecule has 3 aliphatic rings. The van der Waals surface area contributed by atoms with Crippen molar-refractivity contribution in [3.8, 4) is 0 Å². The molecular formula is C20H23ClN2O5S. The highest BCUT2D eigenvalue weighted by atomic mass is 35.5. The van der Waals surface area contributed by atoms with Crippen molar-refractivity contribution in [2.24, 2.45) is 11.8 Å². The van der Waals surface area contributed by atoms with E-state index in [0.29, 0.717) is 17.1 Å². The smallest absolute Gasteiger partial charge is 0.310 e. The van der Waals surface area contributed by atoms with Crippen molar-refractivity contribution in [3.63, 3.8) is 0 Å². The van der Waals surface area contributed by atoms with Gasteiger partial charge in [0.2, 0.25) is 11.8 Å². The maximum atomic E-state index is 13.3. The Morgan fingerprint density at radius 3 is 2.76 bits per heavy atom. The van der Waals surface area contributed by atoms with Crippen LogP contribution in [0.2, 0.25) is 5.02 Å². The molecule has 2 N–H and O–H groups in total. The number of ether oxygens (including phenoxy) is 1. The molecule has 1 aromatic carbocycles. The number of nitrogens with one attached hydrogen (secondary N) is 1. The number of thioether (sulfide) groups is 1. The average Bonchev–Trinajstić information content (AvgIpc) is 3.32. The van der Waals surface area contributed by atoms with E-state index in [1.165, 1.54) is 4.90 Å². The van der Waals surface area contributed by atoms with E-state index in [1.54, 1.807) is 43.0 Å². The van der Waals surface area contributed by atoms with Crippen LogP contribution in [0.15, 0.2) is 24.3 Å². The number of aliphatic hydroxyl groups excluding tert-OH is 1. The second-order valence-electron chi connectivity index (χ2n) is 7.56. The third-order valence-corrected chi connectivity index (χ3v) is 8.26. The predicted molar refractivity (Wildman–Crippen MR) is 110 cm³/mol. The number of aliphatic hydroxyl groups is 1. The van der Waals surface area contributed by atoms with Crippen LogP contribution in [-0.4, -0.2) is 63.6 Å². The molecule has 3 heterocycles. The quantitative estimate of drug-likeness (QED) is 0.659. The number of β-amino-alcohol motifs (C(OH)–C–C–N with tert-alkyl or cyclic N) is 1. The number of hydrogen-bond donors (Lipinski definition) is 2. The summed E-state index contributed by atoms with van der Waals surface area (Å²) < 4.78 is 4.57. The minimum atomic E-state index is -0.753. The fraction of sp³-hybridized carbons (Fsp3) is 0.550. The molecule has 1 aromatic rings. The van der Waals surface area contributed by atoms with Gasteiger partial charge in [0.1, 0.15) is 6.04 Å². The molecule has 0 radical (unpaired) electrons. The largest absolute Gasteiger partial charge is 0.466 e. The molecule has 2 amide bonds. The van der Waals surface area contributed by atoms with E-state index < -0.39 is 22.6 Å². The summed E-state index contributed by atoms with van der Waals surface area (Å²) in [6.45, 7) is 1.79. The monoisotopic (exact) mass is 438 g/mol. The number of hydrogen-bond acceptors (Lipinski definition) is 6. The van der Waals surface area contributed by atoms with Gasteiger partial charge in [0.05, 0.1) is 29.8 Å². The summed E-state index contributed by atoms with van der Waals surface area (Å²) in [6.07, 6.45) is 1.44. The first-order chi connectivity index (χ1) is 13.9. The molecule has 0 saturated carbocycles. The van der Waals surface area contributed by atoms with Gasteiger partial charge >= 0.3 is 5.97 Å². The molecule has 29 heavy (non-hydrogen) atoms. The summed E-state index contributed by atoms with van der Waals surface area (Å²) >= 11 is 7.48. The van der Waals surface area contributed by atoms with Crippen molar-refractivity contribution in [2.75, 3.05) is 25.1 Å². The van der Waals surface area contributed by atoms with Crippen LogP contribution in [0.4, 0.5) is 5.69 Å². The molecule has 3 aliphatic heterocycles. The Hall–Kier alpha value is -1.77. The highest BCUT2D eigenvalue weighted by molar-refractivity contribution is 8.02. The van der Waals surface area contributed by atoms with Crippen LogP contribution in [0.5, 0.6) is 0 Å². The Kier molecular flexibility index (Phi) is 5.52. The normalized spacial score (nSPS) is 32.4. The third kappa shape index (κ3) is 3.21. The van der Waals surface area contributed by atoms with Gasteiger partial charge in [0, 0.05) is 22.5 Å². The van der Waals surface area contributed by atoms with E-state index in [9.17, 15) is 19.5 Å². The molecule has 156 valence electrons. The van der Waals surface area contributed by atoms with E-state index in [4.69, 9.17) is 16.3 Å². The van der Waals surface area contributed by atoms with Gasteiger partial charge < -0.3 is 20.1 Å². The Balaban J connectivity index is 1.67. The summed E-state index contributed by atoms with van der Waals surface area (Å²) in [5.74, 6) is -2.07. The van der Waals surface area contributed by atoms with Crippen molar-refractivity contribution in [1.82, 2.24) is 4.90 Å². The molecule has 4 rings (SSSR count). The zero-order valence-electron chi connectivity index (χ0n) is 16.0. The van der Waals surface area contributed by atoms with Gasteiger partial charge in [-0.1, -0.05) is 11.6 Å². The molecule has 3 fully saturated rings. The highest BCUT2D eigenvalue weighted by Crippen LogP contribution is 2.66. The lowest BCUT2D eigenvalue weighted by molar-refractivity contribution is -0.153. The van der Waals surface area contributed by atoms with Gasteiger partial charge in [-0.2, -0.15) is 0 Å². The Labute approximate surface area is 178 Å². The minimum absolute atomic E-state index is 0.0230. The maximum absolute atomic E-state index is 13.3. The lowest BCUT2D eigenvalue weighted by Gasteiger charge is -2.33. The zero-order chi connectivity index (χ0) is 20.8. The van der Waals surface area contributed by atoms with Crippen LogP contribution in [0.3, 0.4) is 0 Å². The van der Waals surface area contributed by atoms with Crippen LogP contribution in [0.25, 0.3) is 0 Å².